The standard InChI is InChI=1S/C25H28F3N7O4/c1-16(2)29-23(37)31-20-11-13-35(24(38)32-20)12-4-3-7-18-9-10-21(34-33-18)30-22(36)15-17-6-5-8-19(14-17)39-25(26,27)28/h5-6,8-11,13-14,16H,3-4,7,12,15H2,1-2H3,(H,30,34,36)(H2,29,31,32,37,38). The molecule has 3 N–H and O–H groups in total. The molecule has 3 rings (SSSR count). The fourth-order valence-electron chi connectivity index (χ4n) is 3.46. The minimum absolute atomic E-state index is 0.0495. The molecule has 2 heterocycles. The van der Waals surface area contributed by atoms with E-state index in [1.54, 1.807) is 24.4 Å². The van der Waals surface area contributed by atoms with E-state index in [0.717, 1.165) is 12.1 Å². The van der Waals surface area contributed by atoms with Crippen LogP contribution in [0.15, 0.2) is 53.5 Å². The number of urea groups is 1. The van der Waals surface area contributed by atoms with Crippen molar-refractivity contribution in [3.8, 4) is 5.75 Å². The van der Waals surface area contributed by atoms with Gasteiger partial charge in [0.25, 0.3) is 0 Å². The molecule has 0 atom stereocenters. The van der Waals surface area contributed by atoms with Crippen molar-refractivity contribution in [3.63, 3.8) is 0 Å². The van der Waals surface area contributed by atoms with Gasteiger partial charge in [-0.2, -0.15) is 10.1 Å². The molecule has 0 saturated carbocycles. The molecule has 0 aliphatic carbocycles. The summed E-state index contributed by atoms with van der Waals surface area (Å²) in [5.74, 6) is -0.499. The monoisotopic (exact) mass is 547 g/mol. The summed E-state index contributed by atoms with van der Waals surface area (Å²) in [6, 6.07) is 9.52. The Kier molecular flexibility index (Phi) is 9.95. The molecule has 3 aromatic rings. The molecule has 2 aromatic heterocycles. The maximum Gasteiger partial charge on any atom is 0.573 e. The van der Waals surface area contributed by atoms with E-state index in [-0.39, 0.29) is 24.1 Å². The summed E-state index contributed by atoms with van der Waals surface area (Å²) in [4.78, 5) is 40.0. The number of alkyl halides is 3. The van der Waals surface area contributed by atoms with Crippen molar-refractivity contribution in [2.45, 2.75) is 58.5 Å². The third kappa shape index (κ3) is 10.4. The molecule has 0 bridgehead atoms. The Morgan fingerprint density at radius 3 is 2.49 bits per heavy atom. The fraction of sp³-hybridized carbons (Fsp3) is 0.360. The highest BCUT2D eigenvalue weighted by Crippen LogP contribution is 2.23. The van der Waals surface area contributed by atoms with Crippen LogP contribution in [0, 0.1) is 0 Å². The van der Waals surface area contributed by atoms with Crippen molar-refractivity contribution in [3.05, 3.63) is 70.4 Å². The van der Waals surface area contributed by atoms with Crippen molar-refractivity contribution < 1.29 is 27.5 Å². The maximum atomic E-state index is 12.4. The highest BCUT2D eigenvalue weighted by molar-refractivity contribution is 5.91. The number of halogens is 3. The average molecular weight is 548 g/mol. The Labute approximate surface area is 221 Å². The Morgan fingerprint density at radius 1 is 1.03 bits per heavy atom. The third-order valence-corrected chi connectivity index (χ3v) is 5.10. The largest absolute Gasteiger partial charge is 0.573 e. The quantitative estimate of drug-likeness (QED) is 0.311. The number of ether oxygens (including phenoxy) is 1. The van der Waals surface area contributed by atoms with Gasteiger partial charge in [0.05, 0.1) is 12.1 Å². The molecule has 14 heteroatoms. The van der Waals surface area contributed by atoms with Gasteiger partial charge in [-0.15, -0.1) is 18.3 Å². The molecule has 1 aromatic carbocycles. The molecule has 0 radical (unpaired) electrons. The molecule has 39 heavy (non-hydrogen) atoms. The lowest BCUT2D eigenvalue weighted by Gasteiger charge is -2.10. The van der Waals surface area contributed by atoms with Gasteiger partial charge in [-0.1, -0.05) is 12.1 Å². The number of nitrogens with one attached hydrogen (secondary N) is 3. The van der Waals surface area contributed by atoms with E-state index < -0.39 is 29.7 Å². The predicted molar refractivity (Wildman–Crippen MR) is 136 cm³/mol. The van der Waals surface area contributed by atoms with Gasteiger partial charge in [0, 0.05) is 18.8 Å². The molecular weight excluding hydrogens is 519 g/mol. The summed E-state index contributed by atoms with van der Waals surface area (Å²) in [7, 11) is 0. The van der Waals surface area contributed by atoms with Crippen LogP contribution in [0.5, 0.6) is 5.75 Å². The molecular formula is C25H28F3N7O4. The van der Waals surface area contributed by atoms with Crippen LogP contribution in [0.4, 0.5) is 29.6 Å². The molecule has 0 aliphatic rings. The summed E-state index contributed by atoms with van der Waals surface area (Å²) in [5, 5.41) is 15.8. The zero-order valence-electron chi connectivity index (χ0n) is 21.3. The lowest BCUT2D eigenvalue weighted by atomic mass is 10.1. The highest BCUT2D eigenvalue weighted by Gasteiger charge is 2.31. The van der Waals surface area contributed by atoms with Crippen LogP contribution < -0.4 is 26.4 Å². The van der Waals surface area contributed by atoms with Gasteiger partial charge >= 0.3 is 18.1 Å². The first-order valence-electron chi connectivity index (χ1n) is 12.1. The number of hydrogen-bond donors (Lipinski definition) is 3. The summed E-state index contributed by atoms with van der Waals surface area (Å²) in [6.07, 6.45) is -1.46. The normalized spacial score (nSPS) is 11.2. The topological polar surface area (TPSA) is 140 Å². The van der Waals surface area contributed by atoms with Crippen molar-refractivity contribution in [1.82, 2.24) is 25.1 Å². The van der Waals surface area contributed by atoms with E-state index in [2.05, 4.69) is 35.9 Å². The van der Waals surface area contributed by atoms with Crippen LogP contribution in [-0.4, -0.2) is 44.1 Å². The Balaban J connectivity index is 1.42. The van der Waals surface area contributed by atoms with Crippen molar-refractivity contribution >= 4 is 23.6 Å². The van der Waals surface area contributed by atoms with Crippen LogP contribution in [0.2, 0.25) is 0 Å². The molecule has 11 nitrogen and oxygen atoms in total. The van der Waals surface area contributed by atoms with E-state index in [4.69, 9.17) is 0 Å². The smallest absolute Gasteiger partial charge is 0.406 e. The molecule has 208 valence electrons. The van der Waals surface area contributed by atoms with Crippen molar-refractivity contribution in [1.29, 1.82) is 0 Å². The third-order valence-electron chi connectivity index (χ3n) is 5.10. The minimum atomic E-state index is -4.82. The van der Waals surface area contributed by atoms with Crippen LogP contribution in [0.1, 0.15) is 37.9 Å². The van der Waals surface area contributed by atoms with Gasteiger partial charge in [0.2, 0.25) is 5.91 Å². The predicted octanol–water partition coefficient (Wildman–Crippen LogP) is 3.67. The number of unbranched alkanes of at least 4 members (excludes halogenated alkanes) is 1. The summed E-state index contributed by atoms with van der Waals surface area (Å²) in [6.45, 7) is 4.06. The van der Waals surface area contributed by atoms with E-state index in [9.17, 15) is 27.6 Å². The highest BCUT2D eigenvalue weighted by atomic mass is 19.4. The van der Waals surface area contributed by atoms with Gasteiger partial charge in [-0.05, 0) is 69.0 Å². The second-order valence-corrected chi connectivity index (χ2v) is 8.83. The summed E-state index contributed by atoms with van der Waals surface area (Å²) >= 11 is 0. The number of nitrogens with zero attached hydrogens (tertiary/aromatic N) is 4. The lowest BCUT2D eigenvalue weighted by molar-refractivity contribution is -0.274. The van der Waals surface area contributed by atoms with E-state index >= 15 is 0 Å². The second-order valence-electron chi connectivity index (χ2n) is 8.83. The number of carbonyl (C=O) groups is 2. The van der Waals surface area contributed by atoms with Crippen LogP contribution >= 0.6 is 0 Å². The average Bonchev–Trinajstić information content (AvgIpc) is 2.82. The first-order chi connectivity index (χ1) is 18.5. The first kappa shape index (κ1) is 29.1. The molecule has 3 amide bonds. The zero-order valence-corrected chi connectivity index (χ0v) is 21.3. The van der Waals surface area contributed by atoms with Crippen LogP contribution in [0.25, 0.3) is 0 Å². The molecule has 0 unspecified atom stereocenters. The molecule has 0 saturated heterocycles. The van der Waals surface area contributed by atoms with Crippen LogP contribution in [0.3, 0.4) is 0 Å². The van der Waals surface area contributed by atoms with E-state index in [1.807, 2.05) is 13.8 Å². The second kappa shape index (κ2) is 13.3. The van der Waals surface area contributed by atoms with E-state index in [1.165, 1.54) is 16.7 Å². The number of carbonyl (C=O) groups excluding carboxylic acids is 2. The molecule has 0 fully saturated rings. The fourth-order valence-corrected chi connectivity index (χ4v) is 3.46. The maximum absolute atomic E-state index is 12.4. The first-order valence-corrected chi connectivity index (χ1v) is 12.1. The number of hydrogen-bond acceptors (Lipinski definition) is 7. The lowest BCUT2D eigenvalue weighted by Crippen LogP contribution is -2.35. The van der Waals surface area contributed by atoms with Gasteiger partial charge in [0.1, 0.15) is 11.6 Å². The molecule has 0 spiro atoms. The van der Waals surface area contributed by atoms with Gasteiger partial charge < -0.3 is 15.4 Å². The van der Waals surface area contributed by atoms with Gasteiger partial charge in [-0.25, -0.2) is 9.59 Å². The number of benzene rings is 1. The SMILES string of the molecule is CC(C)NC(=O)Nc1ccn(CCCCc2ccc(NC(=O)Cc3cccc(OC(F)(F)F)c3)nn2)c(=O)n1. The van der Waals surface area contributed by atoms with Crippen LogP contribution in [-0.2, 0) is 24.2 Å². The minimum Gasteiger partial charge on any atom is -0.406 e. The number of aryl methyl sites for hydroxylation is 2. The number of amides is 3. The zero-order chi connectivity index (χ0) is 28.4. The van der Waals surface area contributed by atoms with Gasteiger partial charge in [0.15, 0.2) is 5.82 Å². The van der Waals surface area contributed by atoms with E-state index in [0.29, 0.717) is 37.1 Å². The number of rotatable bonds is 11. The Bertz CT molecular complexity index is 1330. The Hall–Kier alpha value is -4.49. The summed E-state index contributed by atoms with van der Waals surface area (Å²) in [5.41, 5.74) is 0.554. The van der Waals surface area contributed by atoms with Crippen molar-refractivity contribution in [2.24, 2.45) is 0 Å². The number of aromatic nitrogens is 4. The van der Waals surface area contributed by atoms with Crippen molar-refractivity contribution in [2.75, 3.05) is 10.6 Å². The number of anilines is 2. The summed E-state index contributed by atoms with van der Waals surface area (Å²) < 4.78 is 42.4. The molecule has 0 aliphatic heterocycles. The Morgan fingerprint density at radius 2 is 1.82 bits per heavy atom. The van der Waals surface area contributed by atoms with Gasteiger partial charge in [-0.3, -0.25) is 14.7 Å².